The quantitative estimate of drug-likeness (QED) is 0.901. The van der Waals surface area contributed by atoms with Crippen molar-refractivity contribution in [1.82, 2.24) is 4.90 Å². The Bertz CT molecular complexity index is 463. The largest absolute Gasteiger partial charge is 0.394 e. The molecule has 1 aliphatic heterocycles. The molecule has 6 heteroatoms. The number of halogens is 2. The lowest BCUT2D eigenvalue weighted by Crippen LogP contribution is -2.50. The van der Waals surface area contributed by atoms with Crippen molar-refractivity contribution in [3.63, 3.8) is 0 Å². The summed E-state index contributed by atoms with van der Waals surface area (Å²) in [6, 6.07) is 4.13. The van der Waals surface area contributed by atoms with Crippen LogP contribution in [0.25, 0.3) is 0 Å². The Balaban J connectivity index is 2.24. The van der Waals surface area contributed by atoms with Crippen molar-refractivity contribution >= 4 is 17.5 Å². The molecule has 0 spiro atoms. The number of carbonyl (C=O) groups excluding carboxylic acids is 1. The summed E-state index contributed by atoms with van der Waals surface area (Å²) in [6.07, 6.45) is -0.654. The van der Waals surface area contributed by atoms with Gasteiger partial charge in [0.1, 0.15) is 5.82 Å². The first-order valence-electron chi connectivity index (χ1n) is 6.02. The summed E-state index contributed by atoms with van der Waals surface area (Å²) in [5, 5.41) is 9.21. The number of ether oxygens (including phenoxy) is 1. The van der Waals surface area contributed by atoms with Crippen LogP contribution in [0.3, 0.4) is 0 Å². The molecule has 0 radical (unpaired) electrons. The normalized spacial score (nSPS) is 23.5. The molecule has 1 aromatic carbocycles. The van der Waals surface area contributed by atoms with Gasteiger partial charge in [-0.15, -0.1) is 0 Å². The monoisotopic (exact) mass is 287 g/mol. The Morgan fingerprint density at radius 3 is 2.95 bits per heavy atom. The smallest absolute Gasteiger partial charge is 0.258 e. The first-order chi connectivity index (χ1) is 9.02. The second-order valence-electron chi connectivity index (χ2n) is 4.56. The van der Waals surface area contributed by atoms with Gasteiger partial charge < -0.3 is 14.7 Å². The molecule has 1 saturated heterocycles. The van der Waals surface area contributed by atoms with E-state index in [1.807, 2.05) is 0 Å². The van der Waals surface area contributed by atoms with E-state index in [1.165, 1.54) is 23.1 Å². The molecule has 104 valence electrons. The Hall–Kier alpha value is -1.17. The molecule has 19 heavy (non-hydrogen) atoms. The van der Waals surface area contributed by atoms with Crippen LogP contribution in [0.1, 0.15) is 17.3 Å². The van der Waals surface area contributed by atoms with E-state index in [1.54, 1.807) is 6.92 Å². The SMILES string of the molecule is CC1CN(C(=O)c2c(F)cccc2Cl)CC(CO)O1. The fourth-order valence-electron chi connectivity index (χ4n) is 2.17. The van der Waals surface area contributed by atoms with E-state index in [2.05, 4.69) is 0 Å². The Morgan fingerprint density at radius 2 is 2.32 bits per heavy atom. The van der Waals surface area contributed by atoms with Crippen LogP contribution in [0.2, 0.25) is 5.02 Å². The molecular formula is C13H15ClFNO3. The number of nitrogens with zero attached hydrogens (tertiary/aromatic N) is 1. The third-order valence-corrected chi connectivity index (χ3v) is 3.31. The predicted octanol–water partition coefficient (Wildman–Crippen LogP) is 1.70. The van der Waals surface area contributed by atoms with Crippen molar-refractivity contribution in [2.75, 3.05) is 19.7 Å². The summed E-state index contributed by atoms with van der Waals surface area (Å²) in [6.45, 7) is 2.19. The zero-order valence-corrected chi connectivity index (χ0v) is 11.2. The number of aliphatic hydroxyl groups is 1. The first kappa shape index (κ1) is 14.2. The highest BCUT2D eigenvalue weighted by Crippen LogP contribution is 2.22. The lowest BCUT2D eigenvalue weighted by atomic mass is 10.1. The Labute approximate surface area is 115 Å². The van der Waals surface area contributed by atoms with Gasteiger partial charge in [0.15, 0.2) is 0 Å². The number of amides is 1. The molecule has 1 N–H and O–H groups in total. The van der Waals surface area contributed by atoms with Crippen LogP contribution in [-0.2, 0) is 4.74 Å². The van der Waals surface area contributed by atoms with Gasteiger partial charge in [-0.1, -0.05) is 17.7 Å². The van der Waals surface area contributed by atoms with Crippen LogP contribution >= 0.6 is 11.6 Å². The van der Waals surface area contributed by atoms with Crippen molar-refractivity contribution in [3.8, 4) is 0 Å². The van der Waals surface area contributed by atoms with E-state index < -0.39 is 17.8 Å². The van der Waals surface area contributed by atoms with Crippen molar-refractivity contribution in [2.45, 2.75) is 19.1 Å². The van der Waals surface area contributed by atoms with Crippen molar-refractivity contribution in [2.24, 2.45) is 0 Å². The third-order valence-electron chi connectivity index (χ3n) is 2.99. The summed E-state index contributed by atoms with van der Waals surface area (Å²) >= 11 is 5.88. The van der Waals surface area contributed by atoms with E-state index in [0.717, 1.165) is 0 Å². The van der Waals surface area contributed by atoms with E-state index in [4.69, 9.17) is 21.4 Å². The van der Waals surface area contributed by atoms with Gasteiger partial charge in [-0.25, -0.2) is 4.39 Å². The zero-order chi connectivity index (χ0) is 14.0. The highest BCUT2D eigenvalue weighted by Gasteiger charge is 2.30. The number of hydrogen-bond acceptors (Lipinski definition) is 3. The highest BCUT2D eigenvalue weighted by atomic mass is 35.5. The number of aliphatic hydroxyl groups excluding tert-OH is 1. The lowest BCUT2D eigenvalue weighted by molar-refractivity contribution is -0.0859. The zero-order valence-electron chi connectivity index (χ0n) is 10.5. The maximum absolute atomic E-state index is 13.7. The average Bonchev–Trinajstić information content (AvgIpc) is 2.37. The van der Waals surface area contributed by atoms with E-state index in [-0.39, 0.29) is 29.8 Å². The van der Waals surface area contributed by atoms with Crippen LogP contribution in [0.4, 0.5) is 4.39 Å². The Morgan fingerprint density at radius 1 is 1.58 bits per heavy atom. The molecule has 1 fully saturated rings. The molecule has 0 bridgehead atoms. The number of morpholine rings is 1. The fraction of sp³-hybridized carbons (Fsp3) is 0.462. The Kier molecular flexibility index (Phi) is 4.39. The van der Waals surface area contributed by atoms with Gasteiger partial charge in [-0.05, 0) is 19.1 Å². The molecule has 0 saturated carbocycles. The molecule has 2 atom stereocenters. The molecule has 0 aliphatic carbocycles. The third kappa shape index (κ3) is 3.05. The average molecular weight is 288 g/mol. The summed E-state index contributed by atoms with van der Waals surface area (Å²) in [5.41, 5.74) is -0.130. The standard InChI is InChI=1S/C13H15ClFNO3/c1-8-5-16(6-9(7-17)19-8)13(18)12-10(14)3-2-4-11(12)15/h2-4,8-9,17H,5-7H2,1H3. The topological polar surface area (TPSA) is 49.8 Å². The molecule has 1 heterocycles. The first-order valence-corrected chi connectivity index (χ1v) is 6.40. The molecule has 2 unspecified atom stereocenters. The minimum atomic E-state index is -0.641. The summed E-state index contributed by atoms with van der Waals surface area (Å²) in [5.74, 6) is -1.12. The molecular weight excluding hydrogens is 273 g/mol. The number of benzene rings is 1. The predicted molar refractivity (Wildman–Crippen MR) is 68.7 cm³/mol. The molecule has 4 nitrogen and oxygen atoms in total. The van der Waals surface area contributed by atoms with E-state index in [0.29, 0.717) is 6.54 Å². The van der Waals surface area contributed by atoms with Crippen LogP contribution in [0.5, 0.6) is 0 Å². The van der Waals surface area contributed by atoms with Gasteiger partial charge in [-0.2, -0.15) is 0 Å². The summed E-state index contributed by atoms with van der Waals surface area (Å²) in [7, 11) is 0. The van der Waals surface area contributed by atoms with Gasteiger partial charge in [0, 0.05) is 13.1 Å². The van der Waals surface area contributed by atoms with Crippen LogP contribution in [0, 0.1) is 5.82 Å². The highest BCUT2D eigenvalue weighted by molar-refractivity contribution is 6.33. The van der Waals surface area contributed by atoms with E-state index in [9.17, 15) is 9.18 Å². The summed E-state index contributed by atoms with van der Waals surface area (Å²) < 4.78 is 19.2. The van der Waals surface area contributed by atoms with Gasteiger partial charge >= 0.3 is 0 Å². The summed E-state index contributed by atoms with van der Waals surface area (Å²) in [4.78, 5) is 13.8. The van der Waals surface area contributed by atoms with Gasteiger partial charge in [0.25, 0.3) is 5.91 Å². The fourth-order valence-corrected chi connectivity index (χ4v) is 2.42. The minimum absolute atomic E-state index is 0.0877. The minimum Gasteiger partial charge on any atom is -0.394 e. The second kappa shape index (κ2) is 5.86. The van der Waals surface area contributed by atoms with Crippen molar-refractivity contribution in [1.29, 1.82) is 0 Å². The van der Waals surface area contributed by atoms with Gasteiger partial charge in [0.2, 0.25) is 0 Å². The molecule has 1 aliphatic rings. The maximum atomic E-state index is 13.7. The molecule has 2 rings (SSSR count). The number of rotatable bonds is 2. The van der Waals surface area contributed by atoms with Gasteiger partial charge in [0.05, 0.1) is 29.4 Å². The lowest BCUT2D eigenvalue weighted by Gasteiger charge is -2.36. The van der Waals surface area contributed by atoms with Gasteiger partial charge in [-0.3, -0.25) is 4.79 Å². The number of hydrogen-bond donors (Lipinski definition) is 1. The van der Waals surface area contributed by atoms with E-state index >= 15 is 0 Å². The van der Waals surface area contributed by atoms with Crippen LogP contribution < -0.4 is 0 Å². The number of carbonyl (C=O) groups is 1. The second-order valence-corrected chi connectivity index (χ2v) is 4.97. The maximum Gasteiger partial charge on any atom is 0.258 e. The molecule has 0 aromatic heterocycles. The molecule has 1 aromatic rings. The van der Waals surface area contributed by atoms with Crippen molar-refractivity contribution in [3.05, 3.63) is 34.6 Å². The van der Waals surface area contributed by atoms with Crippen LogP contribution in [0.15, 0.2) is 18.2 Å². The molecule has 1 amide bonds. The van der Waals surface area contributed by atoms with Crippen LogP contribution in [-0.4, -0.2) is 47.8 Å². The van der Waals surface area contributed by atoms with Crippen molar-refractivity contribution < 1.29 is 19.0 Å².